The van der Waals surface area contributed by atoms with E-state index in [1.807, 2.05) is 65.2 Å². The number of nitrogens with zero attached hydrogens (tertiary/aromatic N) is 3. The lowest BCUT2D eigenvalue weighted by molar-refractivity contribution is 0.102. The van der Waals surface area contributed by atoms with Crippen LogP contribution >= 0.6 is 23.5 Å². The predicted molar refractivity (Wildman–Crippen MR) is 127 cm³/mol. The zero-order valence-corrected chi connectivity index (χ0v) is 18.7. The molecule has 1 aliphatic heterocycles. The molecule has 1 N–H and O–H groups in total. The fourth-order valence-electron chi connectivity index (χ4n) is 3.50. The van der Waals surface area contributed by atoms with Crippen molar-refractivity contribution in [2.24, 2.45) is 0 Å². The monoisotopic (exact) mass is 438 g/mol. The van der Waals surface area contributed by atoms with E-state index in [0.717, 1.165) is 29.5 Å². The Hall–Kier alpha value is -2.22. The Kier molecular flexibility index (Phi) is 7.15. The molecular weight excluding hydrogens is 412 g/mol. The lowest BCUT2D eigenvalue weighted by atomic mass is 10.1. The first-order chi connectivity index (χ1) is 14.7. The Morgan fingerprint density at radius 3 is 2.73 bits per heavy atom. The van der Waals surface area contributed by atoms with Gasteiger partial charge in [-0.2, -0.15) is 11.8 Å². The molecule has 2 aromatic carbocycles. The number of carbonyl (C=O) groups excluding carboxylic acids is 1. The first kappa shape index (κ1) is 21.0. The van der Waals surface area contributed by atoms with Crippen molar-refractivity contribution in [3.63, 3.8) is 0 Å². The van der Waals surface area contributed by atoms with Crippen LogP contribution < -0.4 is 5.32 Å². The highest BCUT2D eigenvalue weighted by Crippen LogP contribution is 2.20. The number of nitrogens with one attached hydrogen (secondary N) is 1. The number of thioether (sulfide) groups is 2. The Labute approximate surface area is 186 Å². The molecule has 156 valence electrons. The molecule has 0 bridgehead atoms. The molecule has 5 nitrogen and oxygen atoms in total. The Morgan fingerprint density at radius 1 is 1.17 bits per heavy atom. The van der Waals surface area contributed by atoms with Crippen molar-refractivity contribution in [3.05, 3.63) is 72.1 Å². The van der Waals surface area contributed by atoms with E-state index in [1.54, 1.807) is 18.0 Å². The third-order valence-electron chi connectivity index (χ3n) is 5.21. The van der Waals surface area contributed by atoms with Gasteiger partial charge in [0.05, 0.1) is 0 Å². The van der Waals surface area contributed by atoms with Crippen molar-refractivity contribution in [2.45, 2.75) is 11.6 Å². The summed E-state index contributed by atoms with van der Waals surface area (Å²) in [4.78, 5) is 19.6. The van der Waals surface area contributed by atoms with Gasteiger partial charge in [0, 0.05) is 60.5 Å². The molecule has 1 amide bonds. The lowest BCUT2D eigenvalue weighted by Crippen LogP contribution is -2.34. The molecule has 2 heterocycles. The maximum absolute atomic E-state index is 12.8. The summed E-state index contributed by atoms with van der Waals surface area (Å²) >= 11 is 3.62. The number of amides is 1. The molecule has 0 spiro atoms. The van der Waals surface area contributed by atoms with Gasteiger partial charge in [0.2, 0.25) is 0 Å². The second-order valence-corrected chi connectivity index (χ2v) is 9.19. The van der Waals surface area contributed by atoms with Gasteiger partial charge in [-0.25, -0.2) is 4.98 Å². The molecule has 1 aliphatic rings. The highest BCUT2D eigenvalue weighted by Gasteiger charge is 2.11. The molecule has 30 heavy (non-hydrogen) atoms. The van der Waals surface area contributed by atoms with Gasteiger partial charge in [-0.05, 0) is 48.6 Å². The molecule has 0 aliphatic carbocycles. The van der Waals surface area contributed by atoms with Crippen molar-refractivity contribution >= 4 is 35.1 Å². The van der Waals surface area contributed by atoms with Gasteiger partial charge in [0.25, 0.3) is 5.91 Å². The Balaban J connectivity index is 1.37. The van der Waals surface area contributed by atoms with Gasteiger partial charge in [-0.1, -0.05) is 30.0 Å². The summed E-state index contributed by atoms with van der Waals surface area (Å²) in [5, 5.41) is 3.90. The first-order valence-electron chi connectivity index (χ1n) is 10.1. The van der Waals surface area contributed by atoms with E-state index in [9.17, 15) is 4.79 Å². The summed E-state index contributed by atoms with van der Waals surface area (Å²) < 4.78 is 1.98. The number of hydrogen-bond donors (Lipinski definition) is 1. The van der Waals surface area contributed by atoms with E-state index in [-0.39, 0.29) is 5.91 Å². The van der Waals surface area contributed by atoms with Gasteiger partial charge in [0.15, 0.2) is 5.16 Å². The quantitative estimate of drug-likeness (QED) is 0.553. The van der Waals surface area contributed by atoms with Gasteiger partial charge >= 0.3 is 0 Å². The van der Waals surface area contributed by atoms with Crippen LogP contribution in [0.15, 0.2) is 66.1 Å². The molecule has 1 saturated heterocycles. The van der Waals surface area contributed by atoms with Crippen LogP contribution in [0.3, 0.4) is 0 Å². The number of rotatable bonds is 7. The molecule has 0 saturated carbocycles. The van der Waals surface area contributed by atoms with E-state index >= 15 is 0 Å². The standard InChI is InChI=1S/C23H26N4OS2/c1-29-23-24-10-12-27(23)21-4-2-3-19(17-21)22(28)25-20-7-5-18(6-8-20)9-11-26-13-15-30-16-14-26/h2-8,10,12,17H,9,11,13-16H2,1H3,(H,25,28). The van der Waals surface area contributed by atoms with E-state index in [2.05, 4.69) is 27.3 Å². The number of imidazole rings is 1. The summed E-state index contributed by atoms with van der Waals surface area (Å²) in [6, 6.07) is 15.8. The SMILES string of the molecule is CSc1nccn1-c1cccc(C(=O)Nc2ccc(CCN3CCSCC3)cc2)c1. The van der Waals surface area contributed by atoms with Crippen molar-refractivity contribution in [1.29, 1.82) is 0 Å². The Morgan fingerprint density at radius 2 is 1.97 bits per heavy atom. The summed E-state index contributed by atoms with van der Waals surface area (Å²) in [5.41, 5.74) is 3.67. The lowest BCUT2D eigenvalue weighted by Gasteiger charge is -2.26. The van der Waals surface area contributed by atoms with Gasteiger partial charge in [-0.15, -0.1) is 0 Å². The highest BCUT2D eigenvalue weighted by atomic mass is 32.2. The second kappa shape index (κ2) is 10.2. The third kappa shape index (κ3) is 5.28. The maximum atomic E-state index is 12.8. The van der Waals surface area contributed by atoms with Crippen LogP contribution in [-0.4, -0.2) is 57.8 Å². The summed E-state index contributed by atoms with van der Waals surface area (Å²) in [5.74, 6) is 2.37. The van der Waals surface area contributed by atoms with Crippen molar-refractivity contribution < 1.29 is 4.79 Å². The van der Waals surface area contributed by atoms with Gasteiger partial charge in [0.1, 0.15) is 0 Å². The normalized spacial score (nSPS) is 14.6. The van der Waals surface area contributed by atoms with Crippen LogP contribution in [0.2, 0.25) is 0 Å². The number of anilines is 1. The van der Waals surface area contributed by atoms with Crippen LogP contribution in [0.1, 0.15) is 15.9 Å². The molecule has 3 aromatic rings. The summed E-state index contributed by atoms with van der Waals surface area (Å²) in [7, 11) is 0. The third-order valence-corrected chi connectivity index (χ3v) is 6.82. The first-order valence-corrected chi connectivity index (χ1v) is 12.5. The van der Waals surface area contributed by atoms with E-state index in [0.29, 0.717) is 5.56 Å². The average Bonchev–Trinajstić information content (AvgIpc) is 3.28. The smallest absolute Gasteiger partial charge is 0.255 e. The van der Waals surface area contributed by atoms with Crippen LogP contribution in [0.4, 0.5) is 5.69 Å². The predicted octanol–water partition coefficient (Wildman–Crippen LogP) is 4.44. The topological polar surface area (TPSA) is 50.2 Å². The summed E-state index contributed by atoms with van der Waals surface area (Å²) in [6.07, 6.45) is 6.71. The Bertz CT molecular complexity index is 981. The van der Waals surface area contributed by atoms with Crippen molar-refractivity contribution in [3.8, 4) is 5.69 Å². The fourth-order valence-corrected chi connectivity index (χ4v) is 5.01. The molecule has 1 fully saturated rings. The molecule has 1 aromatic heterocycles. The molecule has 0 radical (unpaired) electrons. The van der Waals surface area contributed by atoms with Crippen LogP contribution in [0.5, 0.6) is 0 Å². The molecule has 0 unspecified atom stereocenters. The zero-order valence-electron chi connectivity index (χ0n) is 17.1. The van der Waals surface area contributed by atoms with Crippen LogP contribution in [-0.2, 0) is 6.42 Å². The molecule has 0 atom stereocenters. The van der Waals surface area contributed by atoms with Crippen LogP contribution in [0.25, 0.3) is 5.69 Å². The molecular formula is C23H26N4OS2. The molecule has 4 rings (SSSR count). The number of aromatic nitrogens is 2. The van der Waals surface area contributed by atoms with Crippen molar-refractivity contribution in [2.75, 3.05) is 42.7 Å². The number of benzene rings is 2. The minimum atomic E-state index is -0.110. The fraction of sp³-hybridized carbons (Fsp3) is 0.304. The number of hydrogen-bond acceptors (Lipinski definition) is 5. The van der Waals surface area contributed by atoms with Gasteiger partial charge < -0.3 is 10.2 Å². The van der Waals surface area contributed by atoms with Gasteiger partial charge in [-0.3, -0.25) is 9.36 Å². The van der Waals surface area contributed by atoms with E-state index < -0.39 is 0 Å². The minimum Gasteiger partial charge on any atom is -0.322 e. The minimum absolute atomic E-state index is 0.110. The highest BCUT2D eigenvalue weighted by molar-refractivity contribution is 7.99. The number of carbonyl (C=O) groups is 1. The zero-order chi connectivity index (χ0) is 20.8. The molecule has 7 heteroatoms. The second-order valence-electron chi connectivity index (χ2n) is 7.19. The van der Waals surface area contributed by atoms with Crippen molar-refractivity contribution in [1.82, 2.24) is 14.5 Å². The van der Waals surface area contributed by atoms with Crippen LogP contribution in [0, 0.1) is 0 Å². The largest absolute Gasteiger partial charge is 0.322 e. The average molecular weight is 439 g/mol. The van der Waals surface area contributed by atoms with E-state index in [4.69, 9.17) is 0 Å². The summed E-state index contributed by atoms with van der Waals surface area (Å²) in [6.45, 7) is 3.48. The van der Waals surface area contributed by atoms with E-state index in [1.165, 1.54) is 30.2 Å². The maximum Gasteiger partial charge on any atom is 0.255 e.